The summed E-state index contributed by atoms with van der Waals surface area (Å²) in [6.07, 6.45) is 0.197. The lowest BCUT2D eigenvalue weighted by atomic mass is 10.1. The highest BCUT2D eigenvalue weighted by atomic mass is 16.3. The molecule has 0 fully saturated rings. The lowest BCUT2D eigenvalue weighted by Crippen LogP contribution is -2.23. The van der Waals surface area contributed by atoms with E-state index in [2.05, 4.69) is 15.3 Å². The van der Waals surface area contributed by atoms with Gasteiger partial charge in [-0.3, -0.25) is 0 Å². The molecule has 0 aliphatic rings. The van der Waals surface area contributed by atoms with E-state index in [1.165, 1.54) is 0 Å². The second-order valence-corrected chi connectivity index (χ2v) is 5.05. The standard InChI is InChI=1S/C16H21N3O/c1-11-12(2)18-13(3)19-16(11)17-10-15(20)9-14-7-5-4-6-8-14/h4-8,15,20H,9-10H2,1-3H3,(H,17,18,19). The number of benzene rings is 1. The molecule has 0 bridgehead atoms. The number of rotatable bonds is 5. The van der Waals surface area contributed by atoms with E-state index in [0.717, 1.165) is 28.5 Å². The van der Waals surface area contributed by atoms with Gasteiger partial charge in [0, 0.05) is 24.2 Å². The molecule has 0 aliphatic heterocycles. The van der Waals surface area contributed by atoms with E-state index >= 15 is 0 Å². The first-order valence-electron chi connectivity index (χ1n) is 6.84. The SMILES string of the molecule is Cc1nc(C)c(C)c(NCC(O)Cc2ccccc2)n1. The topological polar surface area (TPSA) is 58.0 Å². The van der Waals surface area contributed by atoms with Crippen LogP contribution in [-0.2, 0) is 6.42 Å². The summed E-state index contributed by atoms with van der Waals surface area (Å²) in [6, 6.07) is 9.98. The third-order valence-corrected chi connectivity index (χ3v) is 3.32. The molecule has 4 nitrogen and oxygen atoms in total. The van der Waals surface area contributed by atoms with Crippen molar-refractivity contribution in [2.24, 2.45) is 0 Å². The van der Waals surface area contributed by atoms with Crippen LogP contribution in [0.15, 0.2) is 30.3 Å². The third kappa shape index (κ3) is 3.78. The number of aliphatic hydroxyl groups is 1. The average Bonchev–Trinajstić information content (AvgIpc) is 2.42. The molecule has 2 aromatic rings. The zero-order valence-corrected chi connectivity index (χ0v) is 12.2. The van der Waals surface area contributed by atoms with Gasteiger partial charge in [0.2, 0.25) is 0 Å². The van der Waals surface area contributed by atoms with Gasteiger partial charge in [0.15, 0.2) is 0 Å². The van der Waals surface area contributed by atoms with Crippen LogP contribution in [0.25, 0.3) is 0 Å². The van der Waals surface area contributed by atoms with Gasteiger partial charge in [0.05, 0.1) is 6.10 Å². The fourth-order valence-electron chi connectivity index (χ4n) is 2.11. The van der Waals surface area contributed by atoms with Gasteiger partial charge in [-0.2, -0.15) is 0 Å². The van der Waals surface area contributed by atoms with Crippen LogP contribution in [0, 0.1) is 20.8 Å². The van der Waals surface area contributed by atoms with Gasteiger partial charge in [-0.25, -0.2) is 9.97 Å². The summed E-state index contributed by atoms with van der Waals surface area (Å²) in [6.45, 7) is 6.31. The van der Waals surface area contributed by atoms with Gasteiger partial charge < -0.3 is 10.4 Å². The molecular formula is C16H21N3O. The van der Waals surface area contributed by atoms with Crippen LogP contribution in [0.4, 0.5) is 5.82 Å². The zero-order chi connectivity index (χ0) is 14.5. The molecule has 0 saturated carbocycles. The molecule has 1 atom stereocenters. The van der Waals surface area contributed by atoms with Gasteiger partial charge in [-0.15, -0.1) is 0 Å². The number of aliphatic hydroxyl groups excluding tert-OH is 1. The van der Waals surface area contributed by atoms with Gasteiger partial charge in [0.25, 0.3) is 0 Å². The summed E-state index contributed by atoms with van der Waals surface area (Å²) in [4.78, 5) is 8.69. The fraction of sp³-hybridized carbons (Fsp3) is 0.375. The van der Waals surface area contributed by atoms with Crippen molar-refractivity contribution in [3.8, 4) is 0 Å². The monoisotopic (exact) mass is 271 g/mol. The van der Waals surface area contributed by atoms with Crippen molar-refractivity contribution >= 4 is 5.82 Å². The molecule has 0 spiro atoms. The minimum atomic E-state index is -0.438. The Morgan fingerprint density at radius 2 is 1.80 bits per heavy atom. The van der Waals surface area contributed by atoms with Gasteiger partial charge in [-0.1, -0.05) is 30.3 Å². The Kier molecular flexibility index (Phi) is 4.69. The van der Waals surface area contributed by atoms with E-state index in [-0.39, 0.29) is 0 Å². The molecule has 0 radical (unpaired) electrons. The Bertz CT molecular complexity index is 569. The van der Waals surface area contributed by atoms with Gasteiger partial charge in [-0.05, 0) is 26.3 Å². The molecule has 1 aromatic heterocycles. The predicted molar refractivity (Wildman–Crippen MR) is 80.9 cm³/mol. The second kappa shape index (κ2) is 6.48. The minimum absolute atomic E-state index is 0.438. The fourth-order valence-corrected chi connectivity index (χ4v) is 2.11. The Labute approximate surface area is 119 Å². The number of aryl methyl sites for hydroxylation is 2. The van der Waals surface area contributed by atoms with E-state index in [4.69, 9.17) is 0 Å². The van der Waals surface area contributed by atoms with Crippen LogP contribution in [0.5, 0.6) is 0 Å². The highest BCUT2D eigenvalue weighted by Crippen LogP contribution is 2.14. The van der Waals surface area contributed by atoms with Crippen molar-refractivity contribution < 1.29 is 5.11 Å². The van der Waals surface area contributed by atoms with Crippen molar-refractivity contribution in [3.63, 3.8) is 0 Å². The molecule has 0 aliphatic carbocycles. The van der Waals surface area contributed by atoms with Crippen LogP contribution in [0.3, 0.4) is 0 Å². The Morgan fingerprint density at radius 1 is 1.10 bits per heavy atom. The Balaban J connectivity index is 1.95. The summed E-state index contributed by atoms with van der Waals surface area (Å²) in [7, 11) is 0. The van der Waals surface area contributed by atoms with Crippen molar-refractivity contribution in [2.75, 3.05) is 11.9 Å². The quantitative estimate of drug-likeness (QED) is 0.877. The van der Waals surface area contributed by atoms with Crippen LogP contribution in [0.1, 0.15) is 22.6 Å². The summed E-state index contributed by atoms with van der Waals surface area (Å²) >= 11 is 0. The maximum atomic E-state index is 10.1. The average molecular weight is 271 g/mol. The highest BCUT2D eigenvalue weighted by Gasteiger charge is 2.09. The largest absolute Gasteiger partial charge is 0.391 e. The third-order valence-electron chi connectivity index (χ3n) is 3.32. The number of nitrogens with one attached hydrogen (secondary N) is 1. The van der Waals surface area contributed by atoms with Gasteiger partial charge in [0.1, 0.15) is 11.6 Å². The molecular weight excluding hydrogens is 250 g/mol. The highest BCUT2D eigenvalue weighted by molar-refractivity contribution is 5.45. The molecule has 0 amide bonds. The smallest absolute Gasteiger partial charge is 0.132 e. The van der Waals surface area contributed by atoms with E-state index in [9.17, 15) is 5.11 Å². The first kappa shape index (κ1) is 14.5. The lowest BCUT2D eigenvalue weighted by molar-refractivity contribution is 0.188. The predicted octanol–water partition coefficient (Wildman–Crippen LogP) is 2.42. The molecule has 1 unspecified atom stereocenters. The normalized spacial score (nSPS) is 12.2. The zero-order valence-electron chi connectivity index (χ0n) is 12.2. The van der Waals surface area contributed by atoms with Gasteiger partial charge >= 0.3 is 0 Å². The number of aromatic nitrogens is 2. The van der Waals surface area contributed by atoms with E-state index in [0.29, 0.717) is 13.0 Å². The van der Waals surface area contributed by atoms with Crippen LogP contribution in [-0.4, -0.2) is 27.7 Å². The number of hydrogen-bond donors (Lipinski definition) is 2. The first-order chi connectivity index (χ1) is 9.56. The summed E-state index contributed by atoms with van der Waals surface area (Å²) in [5, 5.41) is 13.3. The van der Waals surface area contributed by atoms with Crippen LogP contribution < -0.4 is 5.32 Å². The maximum absolute atomic E-state index is 10.1. The van der Waals surface area contributed by atoms with Crippen molar-refractivity contribution in [1.82, 2.24) is 9.97 Å². The summed E-state index contributed by atoms with van der Waals surface area (Å²) in [5.74, 6) is 1.55. The molecule has 1 heterocycles. The summed E-state index contributed by atoms with van der Waals surface area (Å²) < 4.78 is 0. The van der Waals surface area contributed by atoms with Crippen LogP contribution >= 0.6 is 0 Å². The molecule has 106 valence electrons. The van der Waals surface area contributed by atoms with E-state index < -0.39 is 6.10 Å². The van der Waals surface area contributed by atoms with Crippen molar-refractivity contribution in [3.05, 3.63) is 53.0 Å². The Hall–Kier alpha value is -1.94. The molecule has 2 rings (SSSR count). The molecule has 4 heteroatoms. The molecule has 0 saturated heterocycles. The maximum Gasteiger partial charge on any atom is 0.132 e. The second-order valence-electron chi connectivity index (χ2n) is 5.05. The summed E-state index contributed by atoms with van der Waals surface area (Å²) in [5.41, 5.74) is 3.13. The molecule has 2 N–H and O–H groups in total. The lowest BCUT2D eigenvalue weighted by Gasteiger charge is -2.15. The minimum Gasteiger partial charge on any atom is -0.391 e. The Morgan fingerprint density at radius 3 is 2.50 bits per heavy atom. The van der Waals surface area contributed by atoms with Crippen LogP contribution in [0.2, 0.25) is 0 Å². The number of anilines is 1. The molecule has 20 heavy (non-hydrogen) atoms. The number of hydrogen-bond acceptors (Lipinski definition) is 4. The molecule has 1 aromatic carbocycles. The first-order valence-corrected chi connectivity index (χ1v) is 6.84. The van der Waals surface area contributed by atoms with Crippen molar-refractivity contribution in [1.29, 1.82) is 0 Å². The van der Waals surface area contributed by atoms with Crippen molar-refractivity contribution in [2.45, 2.75) is 33.3 Å². The number of nitrogens with zero attached hydrogens (tertiary/aromatic N) is 2. The van der Waals surface area contributed by atoms with E-state index in [1.807, 2.05) is 51.1 Å². The van der Waals surface area contributed by atoms with E-state index in [1.54, 1.807) is 0 Å².